The molecule has 2 aliphatic rings. The second kappa shape index (κ2) is 4.74. The average molecular weight is 299 g/mol. The van der Waals surface area contributed by atoms with Crippen LogP contribution in [-0.2, 0) is 25.4 Å². The molecule has 0 saturated heterocycles. The molecule has 1 aromatic heterocycles. The van der Waals surface area contributed by atoms with Crippen LogP contribution in [0.2, 0.25) is 0 Å². The molecule has 118 valence electrons. The van der Waals surface area contributed by atoms with Crippen LogP contribution in [0.25, 0.3) is 0 Å². The largest absolute Gasteiger partial charge is 0.390 e. The molecular weight excluding hydrogens is 276 g/mol. The van der Waals surface area contributed by atoms with Crippen LogP contribution in [0.4, 0.5) is 8.78 Å². The maximum atomic E-state index is 14.6. The second-order valence-corrected chi connectivity index (χ2v) is 7.04. The zero-order chi connectivity index (χ0) is 15.4. The number of hydrogen-bond acceptors (Lipinski definition) is 3. The summed E-state index contributed by atoms with van der Waals surface area (Å²) in [5, 5.41) is 17.9. The third-order valence-corrected chi connectivity index (χ3v) is 4.81. The summed E-state index contributed by atoms with van der Waals surface area (Å²) in [7, 11) is 0. The van der Waals surface area contributed by atoms with E-state index in [1.54, 1.807) is 13.8 Å². The molecule has 2 atom stereocenters. The molecule has 0 amide bonds. The number of nitrogens with one attached hydrogen (secondary N) is 1. The number of nitrogens with zero attached hydrogens (tertiary/aromatic N) is 2. The van der Waals surface area contributed by atoms with Crippen LogP contribution in [0.5, 0.6) is 0 Å². The van der Waals surface area contributed by atoms with Crippen molar-refractivity contribution in [3.8, 4) is 0 Å². The van der Waals surface area contributed by atoms with Crippen LogP contribution in [0.3, 0.4) is 0 Å². The Hall–Kier alpha value is -1.01. The summed E-state index contributed by atoms with van der Waals surface area (Å²) in [4.78, 5) is 0. The van der Waals surface area contributed by atoms with Crippen molar-refractivity contribution in [2.45, 2.75) is 70.7 Å². The fourth-order valence-electron chi connectivity index (χ4n) is 3.43. The normalized spacial score (nSPS) is 28.7. The van der Waals surface area contributed by atoms with E-state index in [2.05, 4.69) is 10.4 Å². The summed E-state index contributed by atoms with van der Waals surface area (Å²) in [6, 6.07) is 0.260. The molecule has 0 fully saturated rings. The number of aromatic nitrogens is 2. The summed E-state index contributed by atoms with van der Waals surface area (Å²) < 4.78 is 30.6. The number of alkyl halides is 2. The highest BCUT2D eigenvalue weighted by atomic mass is 19.3. The predicted molar refractivity (Wildman–Crippen MR) is 75.1 cm³/mol. The van der Waals surface area contributed by atoms with Crippen LogP contribution in [0.15, 0.2) is 0 Å². The van der Waals surface area contributed by atoms with E-state index in [4.69, 9.17) is 0 Å². The van der Waals surface area contributed by atoms with Gasteiger partial charge in [-0.1, -0.05) is 0 Å². The molecule has 0 spiro atoms. The van der Waals surface area contributed by atoms with Gasteiger partial charge in [-0.05, 0) is 27.2 Å². The SMILES string of the molecule is C[C@@H]1Cc2nn3c(c2CN1)C(F)(F)CCC(C(C)(C)O)C3. The van der Waals surface area contributed by atoms with Crippen molar-refractivity contribution in [2.24, 2.45) is 5.92 Å². The molecule has 21 heavy (non-hydrogen) atoms. The monoisotopic (exact) mass is 299 g/mol. The van der Waals surface area contributed by atoms with E-state index in [0.29, 0.717) is 31.5 Å². The van der Waals surface area contributed by atoms with Gasteiger partial charge in [0.2, 0.25) is 0 Å². The third-order valence-electron chi connectivity index (χ3n) is 4.81. The Bertz CT molecular complexity index is 548. The highest BCUT2D eigenvalue weighted by Crippen LogP contribution is 2.42. The molecule has 2 aliphatic heterocycles. The molecule has 0 bridgehead atoms. The van der Waals surface area contributed by atoms with E-state index >= 15 is 0 Å². The summed E-state index contributed by atoms with van der Waals surface area (Å²) >= 11 is 0. The lowest BCUT2D eigenvalue weighted by molar-refractivity contribution is -0.0332. The molecule has 0 saturated carbocycles. The van der Waals surface area contributed by atoms with Crippen LogP contribution >= 0.6 is 0 Å². The van der Waals surface area contributed by atoms with Gasteiger partial charge in [0.05, 0.1) is 11.3 Å². The van der Waals surface area contributed by atoms with Gasteiger partial charge < -0.3 is 10.4 Å². The standard InChI is InChI=1S/C15H23F2N3O/c1-9-6-12-11(7-18-9)13-15(16,17)5-4-10(14(2,3)21)8-20(13)19-12/h9-10,18,21H,4-8H2,1-3H3/t9-,10?/m1/s1. The first-order chi connectivity index (χ1) is 9.68. The van der Waals surface area contributed by atoms with E-state index in [-0.39, 0.29) is 24.1 Å². The first kappa shape index (κ1) is 14.9. The van der Waals surface area contributed by atoms with E-state index in [9.17, 15) is 13.9 Å². The number of rotatable bonds is 1. The zero-order valence-electron chi connectivity index (χ0n) is 12.8. The smallest absolute Gasteiger partial charge is 0.289 e. The van der Waals surface area contributed by atoms with E-state index < -0.39 is 11.5 Å². The summed E-state index contributed by atoms with van der Waals surface area (Å²) in [5.74, 6) is -3.08. The van der Waals surface area contributed by atoms with Crippen molar-refractivity contribution in [3.63, 3.8) is 0 Å². The first-order valence-corrected chi connectivity index (χ1v) is 7.61. The maximum absolute atomic E-state index is 14.6. The van der Waals surface area contributed by atoms with Gasteiger partial charge in [-0.3, -0.25) is 4.68 Å². The quantitative estimate of drug-likeness (QED) is 0.836. The molecule has 3 heterocycles. The summed E-state index contributed by atoms with van der Waals surface area (Å²) in [6.07, 6.45) is 0.756. The Balaban J connectivity index is 2.05. The first-order valence-electron chi connectivity index (χ1n) is 7.61. The molecule has 0 radical (unpaired) electrons. The van der Waals surface area contributed by atoms with Crippen LogP contribution in [-0.4, -0.2) is 26.5 Å². The van der Waals surface area contributed by atoms with Gasteiger partial charge >= 0.3 is 0 Å². The fourth-order valence-corrected chi connectivity index (χ4v) is 3.43. The molecule has 1 aromatic rings. The lowest BCUT2D eigenvalue weighted by Crippen LogP contribution is -2.34. The van der Waals surface area contributed by atoms with E-state index in [0.717, 1.165) is 5.69 Å². The number of halogens is 2. The zero-order valence-corrected chi connectivity index (χ0v) is 12.8. The van der Waals surface area contributed by atoms with Crippen molar-refractivity contribution in [1.29, 1.82) is 0 Å². The number of aliphatic hydroxyl groups is 1. The fraction of sp³-hybridized carbons (Fsp3) is 0.800. The Morgan fingerprint density at radius 2 is 2.14 bits per heavy atom. The predicted octanol–water partition coefficient (Wildman–Crippen LogP) is 2.19. The second-order valence-electron chi connectivity index (χ2n) is 7.04. The molecule has 3 rings (SSSR count). The van der Waals surface area contributed by atoms with Crippen molar-refractivity contribution in [1.82, 2.24) is 15.1 Å². The van der Waals surface area contributed by atoms with Crippen LogP contribution in [0.1, 0.15) is 50.6 Å². The number of fused-ring (bicyclic) bond motifs is 3. The van der Waals surface area contributed by atoms with Gasteiger partial charge in [-0.2, -0.15) is 13.9 Å². The molecular formula is C15H23F2N3O. The van der Waals surface area contributed by atoms with Gasteiger partial charge in [0.15, 0.2) is 0 Å². The average Bonchev–Trinajstić information content (AvgIpc) is 2.64. The summed E-state index contributed by atoms with van der Waals surface area (Å²) in [6.45, 7) is 6.22. The summed E-state index contributed by atoms with van der Waals surface area (Å²) in [5.41, 5.74) is 0.529. The third kappa shape index (κ3) is 2.59. The highest BCUT2D eigenvalue weighted by Gasteiger charge is 2.45. The maximum Gasteiger partial charge on any atom is 0.289 e. The molecule has 4 nitrogen and oxygen atoms in total. The van der Waals surface area contributed by atoms with Crippen LogP contribution < -0.4 is 5.32 Å². The molecule has 0 aromatic carbocycles. The Morgan fingerprint density at radius 1 is 1.43 bits per heavy atom. The van der Waals surface area contributed by atoms with Gasteiger partial charge in [-0.25, -0.2) is 0 Å². The van der Waals surface area contributed by atoms with E-state index in [1.807, 2.05) is 6.92 Å². The molecule has 1 unspecified atom stereocenters. The van der Waals surface area contributed by atoms with Crippen molar-refractivity contribution in [3.05, 3.63) is 17.0 Å². The van der Waals surface area contributed by atoms with Crippen molar-refractivity contribution in [2.75, 3.05) is 0 Å². The van der Waals surface area contributed by atoms with E-state index in [1.165, 1.54) is 4.68 Å². The lowest BCUT2D eigenvalue weighted by Gasteiger charge is -2.28. The van der Waals surface area contributed by atoms with Gasteiger partial charge in [0.1, 0.15) is 5.69 Å². The van der Waals surface area contributed by atoms with Crippen LogP contribution in [0, 0.1) is 5.92 Å². The Labute approximate surface area is 123 Å². The topological polar surface area (TPSA) is 50.1 Å². The minimum atomic E-state index is -2.87. The minimum absolute atomic E-state index is 0.0589. The molecule has 0 aliphatic carbocycles. The highest BCUT2D eigenvalue weighted by molar-refractivity contribution is 5.33. The minimum Gasteiger partial charge on any atom is -0.390 e. The molecule has 2 N–H and O–H groups in total. The van der Waals surface area contributed by atoms with Crippen molar-refractivity contribution < 1.29 is 13.9 Å². The molecule has 6 heteroatoms. The Kier molecular flexibility index (Phi) is 3.37. The van der Waals surface area contributed by atoms with Crippen molar-refractivity contribution >= 4 is 0 Å². The lowest BCUT2D eigenvalue weighted by atomic mass is 9.86. The van der Waals surface area contributed by atoms with Gasteiger partial charge in [0.25, 0.3) is 5.92 Å². The van der Waals surface area contributed by atoms with Gasteiger partial charge in [0, 0.05) is 43.5 Å². The number of hydrogen-bond donors (Lipinski definition) is 2. The Morgan fingerprint density at radius 3 is 2.81 bits per heavy atom. The van der Waals surface area contributed by atoms with Gasteiger partial charge in [-0.15, -0.1) is 0 Å².